The van der Waals surface area contributed by atoms with Crippen LogP contribution in [-0.4, -0.2) is 74.1 Å². The van der Waals surface area contributed by atoms with E-state index in [0.717, 1.165) is 73.3 Å². The topological polar surface area (TPSA) is 142 Å². The molecule has 8 unspecified atom stereocenters. The van der Waals surface area contributed by atoms with Crippen molar-refractivity contribution < 1.29 is 38.7 Å². The van der Waals surface area contributed by atoms with Gasteiger partial charge in [-0.2, -0.15) is 0 Å². The number of amides is 1. The van der Waals surface area contributed by atoms with Crippen molar-refractivity contribution in [1.82, 2.24) is 5.32 Å². The molecule has 2 aromatic carbocycles. The first-order chi connectivity index (χ1) is 24.2. The summed E-state index contributed by atoms with van der Waals surface area (Å²) in [5, 5.41) is 24.4. The van der Waals surface area contributed by atoms with Crippen LogP contribution in [0.5, 0.6) is 23.0 Å². The zero-order valence-electron chi connectivity index (χ0n) is 29.8. The predicted molar refractivity (Wildman–Crippen MR) is 189 cm³/mol. The number of hydrogen-bond donors (Lipinski definition) is 4. The van der Waals surface area contributed by atoms with E-state index in [1.807, 2.05) is 18.2 Å². The molecule has 10 nitrogen and oxygen atoms in total. The van der Waals surface area contributed by atoms with Gasteiger partial charge in [0.1, 0.15) is 24.4 Å². The highest BCUT2D eigenvalue weighted by Crippen LogP contribution is 2.62. The van der Waals surface area contributed by atoms with Crippen LogP contribution in [0.3, 0.4) is 0 Å². The maximum Gasteiger partial charge on any atom is 0.407 e. The van der Waals surface area contributed by atoms with Gasteiger partial charge in [-0.15, -0.1) is 0 Å². The molecule has 270 valence electrons. The van der Waals surface area contributed by atoms with Crippen molar-refractivity contribution in [1.29, 1.82) is 0 Å². The van der Waals surface area contributed by atoms with Crippen molar-refractivity contribution in [3.8, 4) is 23.0 Å². The molecule has 10 heteroatoms. The molecule has 1 amide bonds. The number of hydrogen-bond acceptors (Lipinski definition) is 9. The van der Waals surface area contributed by atoms with E-state index in [1.165, 1.54) is 18.2 Å². The summed E-state index contributed by atoms with van der Waals surface area (Å²) in [7, 11) is 4.69. The van der Waals surface area contributed by atoms with Crippen molar-refractivity contribution in [3.63, 3.8) is 0 Å². The third-order valence-electron chi connectivity index (χ3n) is 12.3. The Labute approximate surface area is 295 Å². The van der Waals surface area contributed by atoms with Gasteiger partial charge in [-0.25, -0.2) is 4.79 Å². The molecular formula is C40H52N2O8. The summed E-state index contributed by atoms with van der Waals surface area (Å²) in [5.41, 5.74) is 10.7. The maximum atomic E-state index is 12.0. The molecule has 50 heavy (non-hydrogen) atoms. The minimum absolute atomic E-state index is 0.0254. The van der Waals surface area contributed by atoms with Gasteiger partial charge in [0.2, 0.25) is 0 Å². The van der Waals surface area contributed by atoms with E-state index in [-0.39, 0.29) is 47.0 Å². The highest BCUT2D eigenvalue weighted by Gasteiger charge is 2.63. The predicted octanol–water partition coefficient (Wildman–Crippen LogP) is 5.03. The summed E-state index contributed by atoms with van der Waals surface area (Å²) in [6.07, 6.45) is 13.2. The summed E-state index contributed by atoms with van der Waals surface area (Å²) in [6.45, 7) is 4.36. The molecule has 6 aliphatic rings. The molecule has 0 saturated heterocycles. The third-order valence-corrected chi connectivity index (χ3v) is 12.3. The monoisotopic (exact) mass is 688 g/mol. The summed E-state index contributed by atoms with van der Waals surface area (Å²) in [5.74, 6) is 3.27. The Hall–Kier alpha value is -3.73. The molecule has 10 atom stereocenters. The van der Waals surface area contributed by atoms with Crippen LogP contribution in [-0.2, 0) is 28.4 Å². The Balaban J connectivity index is 0.000000159. The Kier molecular flexibility index (Phi) is 9.32. The lowest BCUT2D eigenvalue weighted by Gasteiger charge is -2.50. The lowest BCUT2D eigenvalue weighted by atomic mass is 9.55. The molecule has 2 heterocycles. The Morgan fingerprint density at radius 1 is 0.800 bits per heavy atom. The number of aliphatic hydroxyl groups is 2. The molecule has 0 bridgehead atoms. The normalized spacial score (nSPS) is 34.3. The Morgan fingerprint density at radius 2 is 1.30 bits per heavy atom. The van der Waals surface area contributed by atoms with Gasteiger partial charge in [0.15, 0.2) is 23.0 Å². The molecule has 5 N–H and O–H groups in total. The number of alkyl carbamates (subject to hydrolysis) is 1. The summed E-state index contributed by atoms with van der Waals surface area (Å²) < 4.78 is 28.6. The van der Waals surface area contributed by atoms with Gasteiger partial charge in [0.25, 0.3) is 0 Å². The van der Waals surface area contributed by atoms with E-state index in [4.69, 9.17) is 29.4 Å². The molecule has 0 radical (unpaired) electrons. The summed E-state index contributed by atoms with van der Waals surface area (Å²) in [4.78, 5) is 12.0. The number of aliphatic hydroxyl groups excluding tert-OH is 2. The van der Waals surface area contributed by atoms with E-state index in [1.54, 1.807) is 20.3 Å². The average molecular weight is 689 g/mol. The maximum absolute atomic E-state index is 12.0. The van der Waals surface area contributed by atoms with Crippen molar-refractivity contribution in [2.75, 3.05) is 21.3 Å². The zero-order chi connectivity index (χ0) is 35.4. The first kappa shape index (κ1) is 34.7. The summed E-state index contributed by atoms with van der Waals surface area (Å²) >= 11 is 0. The van der Waals surface area contributed by atoms with E-state index < -0.39 is 18.3 Å². The second-order valence-electron chi connectivity index (χ2n) is 14.7. The lowest BCUT2D eigenvalue weighted by molar-refractivity contribution is -0.00782. The van der Waals surface area contributed by atoms with Gasteiger partial charge < -0.3 is 44.9 Å². The molecule has 0 saturated carbocycles. The number of ether oxygens (including phenoxy) is 5. The molecule has 0 spiro atoms. The van der Waals surface area contributed by atoms with Gasteiger partial charge in [-0.1, -0.05) is 76.0 Å². The Morgan fingerprint density at radius 3 is 1.80 bits per heavy atom. The molecule has 4 aliphatic carbocycles. The number of methoxy groups -OCH3 is 3. The Bertz CT molecular complexity index is 1670. The first-order valence-corrected chi connectivity index (χ1v) is 18.3. The molecule has 2 aromatic rings. The fourth-order valence-corrected chi connectivity index (χ4v) is 10.3. The number of carbonyl (C=O) groups excluding carboxylic acids is 1. The van der Waals surface area contributed by atoms with Crippen LogP contribution >= 0.6 is 0 Å². The van der Waals surface area contributed by atoms with Gasteiger partial charge in [-0.05, 0) is 48.9 Å². The second kappa shape index (κ2) is 13.4. The number of nitrogens with two attached hydrogens (primary N) is 1. The van der Waals surface area contributed by atoms with Crippen molar-refractivity contribution >= 4 is 6.09 Å². The van der Waals surface area contributed by atoms with Crippen molar-refractivity contribution in [2.45, 2.75) is 113 Å². The minimum atomic E-state index is -0.695. The van der Waals surface area contributed by atoms with E-state index in [2.05, 4.69) is 43.4 Å². The zero-order valence-corrected chi connectivity index (χ0v) is 29.8. The fourth-order valence-electron chi connectivity index (χ4n) is 10.3. The molecule has 2 aliphatic heterocycles. The van der Waals surface area contributed by atoms with Gasteiger partial charge in [-0.3, -0.25) is 0 Å². The van der Waals surface area contributed by atoms with Gasteiger partial charge >= 0.3 is 6.09 Å². The largest absolute Gasteiger partial charge is 0.493 e. The van der Waals surface area contributed by atoms with Crippen LogP contribution in [0.15, 0.2) is 48.6 Å². The third kappa shape index (κ3) is 5.04. The van der Waals surface area contributed by atoms with Crippen LogP contribution in [0.4, 0.5) is 4.79 Å². The number of carbonyl (C=O) groups is 1. The second-order valence-corrected chi connectivity index (χ2v) is 14.7. The number of benzene rings is 2. The molecular weight excluding hydrogens is 636 g/mol. The quantitative estimate of drug-likeness (QED) is 0.267. The standard InChI is InChI=1S/C21H27NO5.C19H25NO3/c1-4-5-10-21-13-7-8-15(23)19(21)27-18-16(25-2)9-6-12(17(18)21)11-14(13)22-20(24)26-3;1-3-4-9-19-12-6-7-14(21)18(19)23-17-15(22-2)8-5-11(16(17)19)10-13(12)20/h6-9,13-15,19,23H,4-5,10-11H2,1-3H3,(H,22,24);5-8,12-14,18,21H,3-4,9-10,20H2,1-2H3/t13?,14?,15?,19?,21-;12?,13?,14?,18?,19-/m00/s1. The van der Waals surface area contributed by atoms with Crippen LogP contribution in [0.25, 0.3) is 0 Å². The highest BCUT2D eigenvalue weighted by atomic mass is 16.5. The van der Waals surface area contributed by atoms with Crippen molar-refractivity contribution in [3.05, 3.63) is 70.8 Å². The van der Waals surface area contributed by atoms with Crippen LogP contribution in [0, 0.1) is 11.8 Å². The van der Waals surface area contributed by atoms with Gasteiger partial charge in [0.05, 0.1) is 21.3 Å². The van der Waals surface area contributed by atoms with Gasteiger partial charge in [0, 0.05) is 45.9 Å². The SMILES string of the molecule is CCCC[C@]12c3c4ccc(OC)c3OC1C(O)C=CC2C(N)C4.CCCC[C@]12c3c4ccc(OC)c3OC1C(O)C=CC2C(NC(=O)OC)C4. The van der Waals surface area contributed by atoms with Crippen molar-refractivity contribution in [2.24, 2.45) is 17.6 Å². The average Bonchev–Trinajstić information content (AvgIpc) is 3.67. The van der Waals surface area contributed by atoms with Crippen LogP contribution in [0.1, 0.15) is 74.6 Å². The fraction of sp³-hybridized carbons (Fsp3) is 0.575. The smallest absolute Gasteiger partial charge is 0.407 e. The minimum Gasteiger partial charge on any atom is -0.493 e. The first-order valence-electron chi connectivity index (χ1n) is 18.3. The summed E-state index contributed by atoms with van der Waals surface area (Å²) in [6, 6.07) is 8.01. The lowest BCUT2D eigenvalue weighted by Crippen LogP contribution is -2.60. The van der Waals surface area contributed by atoms with Crippen LogP contribution in [0.2, 0.25) is 0 Å². The number of nitrogens with one attached hydrogen (secondary N) is 1. The molecule has 8 rings (SSSR count). The van der Waals surface area contributed by atoms with E-state index in [0.29, 0.717) is 12.2 Å². The number of rotatable bonds is 9. The number of unbranched alkanes of at least 4 members (excludes halogenated alkanes) is 2. The van der Waals surface area contributed by atoms with Crippen LogP contribution < -0.4 is 30.0 Å². The van der Waals surface area contributed by atoms with E-state index >= 15 is 0 Å². The molecule has 0 aromatic heterocycles. The van der Waals surface area contributed by atoms with E-state index in [9.17, 15) is 15.0 Å². The highest BCUT2D eigenvalue weighted by molar-refractivity contribution is 5.69. The molecule has 0 fully saturated rings.